The molecular formula is C30H39N3O3. The number of methoxy groups -OCH3 is 1. The molecule has 0 unspecified atom stereocenters. The highest BCUT2D eigenvalue weighted by Gasteiger charge is 2.21. The van der Waals surface area contributed by atoms with Crippen LogP contribution in [-0.4, -0.2) is 87.6 Å². The van der Waals surface area contributed by atoms with E-state index in [0.29, 0.717) is 0 Å². The zero-order chi connectivity index (χ0) is 24.9. The lowest BCUT2D eigenvalue weighted by atomic mass is 9.94. The number of aliphatic hydroxyl groups is 1. The Hall–Kier alpha value is -2.80. The van der Waals surface area contributed by atoms with Crippen LogP contribution in [0.15, 0.2) is 54.6 Å². The molecule has 0 bridgehead atoms. The van der Waals surface area contributed by atoms with Crippen LogP contribution in [-0.2, 0) is 6.42 Å². The van der Waals surface area contributed by atoms with Gasteiger partial charge in [0.25, 0.3) is 0 Å². The van der Waals surface area contributed by atoms with Gasteiger partial charge >= 0.3 is 0 Å². The third kappa shape index (κ3) is 5.94. The minimum atomic E-state index is -0.182. The number of nitrogens with zero attached hydrogens (tertiary/aromatic N) is 3. The Bertz CT molecular complexity index is 1130. The maximum Gasteiger partial charge on any atom is 0.119 e. The van der Waals surface area contributed by atoms with Gasteiger partial charge in [-0.3, -0.25) is 4.90 Å². The second-order valence-electron chi connectivity index (χ2n) is 10.2. The molecule has 192 valence electrons. The van der Waals surface area contributed by atoms with Crippen LogP contribution in [0.4, 0.5) is 5.69 Å². The molecule has 2 heterocycles. The third-order valence-electron chi connectivity index (χ3n) is 7.70. The van der Waals surface area contributed by atoms with Gasteiger partial charge in [-0.05, 0) is 72.1 Å². The molecule has 0 radical (unpaired) electrons. The van der Waals surface area contributed by atoms with E-state index in [1.54, 1.807) is 7.11 Å². The summed E-state index contributed by atoms with van der Waals surface area (Å²) in [5.41, 5.74) is 3.87. The normalized spacial score (nSPS) is 18.0. The Morgan fingerprint density at radius 2 is 1.58 bits per heavy atom. The largest absolute Gasteiger partial charge is 0.497 e. The number of fused-ring (bicyclic) bond motifs is 1. The van der Waals surface area contributed by atoms with Crippen LogP contribution in [0.5, 0.6) is 11.5 Å². The molecule has 6 heteroatoms. The van der Waals surface area contributed by atoms with Crippen molar-refractivity contribution in [1.82, 2.24) is 9.80 Å². The fraction of sp³-hybridized carbons (Fsp3) is 0.467. The van der Waals surface area contributed by atoms with Crippen molar-refractivity contribution in [2.75, 3.05) is 71.5 Å². The highest BCUT2D eigenvalue weighted by Crippen LogP contribution is 2.34. The van der Waals surface area contributed by atoms with E-state index >= 15 is 0 Å². The molecule has 3 aromatic rings. The van der Waals surface area contributed by atoms with Crippen LogP contribution in [0.1, 0.15) is 24.0 Å². The number of hydrogen-bond donors (Lipinski definition) is 1. The molecule has 2 aliphatic heterocycles. The van der Waals surface area contributed by atoms with E-state index in [0.717, 1.165) is 83.2 Å². The van der Waals surface area contributed by atoms with Crippen LogP contribution in [0, 0.1) is 0 Å². The topological polar surface area (TPSA) is 48.4 Å². The monoisotopic (exact) mass is 489 g/mol. The van der Waals surface area contributed by atoms with Crippen molar-refractivity contribution >= 4 is 16.5 Å². The van der Waals surface area contributed by atoms with Gasteiger partial charge in [-0.2, -0.15) is 0 Å². The number of benzene rings is 3. The van der Waals surface area contributed by atoms with Crippen LogP contribution in [0.2, 0.25) is 0 Å². The van der Waals surface area contributed by atoms with Gasteiger partial charge in [0.05, 0.1) is 13.2 Å². The smallest absolute Gasteiger partial charge is 0.119 e. The number of piperazine rings is 1. The van der Waals surface area contributed by atoms with E-state index in [1.165, 1.54) is 27.6 Å². The number of anilines is 1. The van der Waals surface area contributed by atoms with Gasteiger partial charge in [0.1, 0.15) is 18.1 Å². The zero-order valence-corrected chi connectivity index (χ0v) is 21.7. The molecular weight excluding hydrogens is 450 g/mol. The number of rotatable bonds is 8. The van der Waals surface area contributed by atoms with E-state index in [4.69, 9.17) is 9.47 Å². The van der Waals surface area contributed by atoms with Gasteiger partial charge in [0.15, 0.2) is 0 Å². The van der Waals surface area contributed by atoms with Gasteiger partial charge in [-0.1, -0.05) is 24.3 Å². The molecule has 2 saturated heterocycles. The molecule has 36 heavy (non-hydrogen) atoms. The summed E-state index contributed by atoms with van der Waals surface area (Å²) in [6.07, 6.45) is 2.30. The minimum Gasteiger partial charge on any atom is -0.497 e. The van der Waals surface area contributed by atoms with Crippen molar-refractivity contribution in [2.45, 2.75) is 25.4 Å². The first-order valence-corrected chi connectivity index (χ1v) is 13.2. The van der Waals surface area contributed by atoms with Crippen LogP contribution >= 0.6 is 0 Å². The zero-order valence-electron chi connectivity index (χ0n) is 21.7. The van der Waals surface area contributed by atoms with Crippen molar-refractivity contribution in [3.05, 3.63) is 65.7 Å². The molecule has 6 nitrogen and oxygen atoms in total. The maximum absolute atomic E-state index is 10.0. The molecule has 3 aromatic carbocycles. The van der Waals surface area contributed by atoms with Crippen LogP contribution in [0.25, 0.3) is 10.8 Å². The van der Waals surface area contributed by atoms with Crippen LogP contribution < -0.4 is 14.4 Å². The summed E-state index contributed by atoms with van der Waals surface area (Å²) in [6.45, 7) is 7.97. The fourth-order valence-electron chi connectivity index (χ4n) is 5.35. The second-order valence-corrected chi connectivity index (χ2v) is 10.2. The summed E-state index contributed by atoms with van der Waals surface area (Å²) >= 11 is 0. The number of hydrogen-bond acceptors (Lipinski definition) is 6. The average Bonchev–Trinajstić information content (AvgIpc) is 2.91. The predicted molar refractivity (Wildman–Crippen MR) is 147 cm³/mol. The Morgan fingerprint density at radius 3 is 2.31 bits per heavy atom. The predicted octanol–water partition coefficient (Wildman–Crippen LogP) is 4.03. The standard InChI is InChI=1S/C30H39N3O3/c1-31-15-17-32(18-16-31)19-20-36-26-6-3-23(4-7-26)21-29-28-9-8-27(35-2)22-24(28)5-10-30(29)33-13-11-25(34)12-14-33/h3-10,22,25,34H,11-21H2,1-2H3. The maximum atomic E-state index is 10.0. The number of ether oxygens (including phenoxy) is 2. The van der Waals surface area contributed by atoms with Gasteiger partial charge in [-0.15, -0.1) is 0 Å². The Balaban J connectivity index is 1.30. The molecule has 0 saturated carbocycles. The van der Waals surface area contributed by atoms with Crippen molar-refractivity contribution in [3.63, 3.8) is 0 Å². The second kappa shape index (κ2) is 11.5. The molecule has 0 aromatic heterocycles. The van der Waals surface area contributed by atoms with Gasteiger partial charge < -0.3 is 24.4 Å². The van der Waals surface area contributed by atoms with Crippen molar-refractivity contribution in [1.29, 1.82) is 0 Å². The first-order valence-electron chi connectivity index (χ1n) is 13.2. The van der Waals surface area contributed by atoms with E-state index in [2.05, 4.69) is 70.3 Å². The number of aliphatic hydroxyl groups excluding tert-OH is 1. The quantitative estimate of drug-likeness (QED) is 0.516. The van der Waals surface area contributed by atoms with Crippen molar-refractivity contribution in [2.24, 2.45) is 0 Å². The summed E-state index contributed by atoms with van der Waals surface area (Å²) in [5.74, 6) is 1.81. The minimum absolute atomic E-state index is 0.182. The molecule has 2 fully saturated rings. The third-order valence-corrected chi connectivity index (χ3v) is 7.70. The molecule has 0 amide bonds. The summed E-state index contributed by atoms with van der Waals surface area (Å²) in [7, 11) is 3.90. The highest BCUT2D eigenvalue weighted by atomic mass is 16.5. The lowest BCUT2D eigenvalue weighted by Crippen LogP contribution is -2.45. The van der Waals surface area contributed by atoms with Gasteiger partial charge in [-0.25, -0.2) is 0 Å². The summed E-state index contributed by atoms with van der Waals surface area (Å²) in [6, 6.07) is 19.4. The highest BCUT2D eigenvalue weighted by molar-refractivity contribution is 5.91. The number of likely N-dealkylation sites (N-methyl/N-ethyl adjacent to an activating group) is 1. The SMILES string of the molecule is COc1ccc2c(Cc3ccc(OCCN4CCN(C)CC4)cc3)c(N3CCC(O)CC3)ccc2c1. The van der Waals surface area contributed by atoms with Gasteiger partial charge in [0.2, 0.25) is 0 Å². The fourth-order valence-corrected chi connectivity index (χ4v) is 5.35. The van der Waals surface area contributed by atoms with E-state index in [9.17, 15) is 5.11 Å². The lowest BCUT2D eigenvalue weighted by molar-refractivity contribution is 0.134. The molecule has 0 aliphatic carbocycles. The molecule has 0 spiro atoms. The molecule has 0 atom stereocenters. The Labute approximate surface area is 215 Å². The molecule has 1 N–H and O–H groups in total. The number of piperidine rings is 1. The first-order chi connectivity index (χ1) is 17.6. The Morgan fingerprint density at radius 1 is 0.861 bits per heavy atom. The van der Waals surface area contributed by atoms with E-state index in [-0.39, 0.29) is 6.10 Å². The average molecular weight is 490 g/mol. The summed E-state index contributed by atoms with van der Waals surface area (Å²) in [4.78, 5) is 7.29. The van der Waals surface area contributed by atoms with Crippen molar-refractivity contribution in [3.8, 4) is 11.5 Å². The van der Waals surface area contributed by atoms with Crippen molar-refractivity contribution < 1.29 is 14.6 Å². The lowest BCUT2D eigenvalue weighted by Gasteiger charge is -2.33. The Kier molecular flexibility index (Phi) is 7.95. The van der Waals surface area contributed by atoms with Gasteiger partial charge in [0, 0.05) is 57.9 Å². The van der Waals surface area contributed by atoms with E-state index < -0.39 is 0 Å². The van der Waals surface area contributed by atoms with E-state index in [1.807, 2.05) is 6.07 Å². The molecule has 5 rings (SSSR count). The summed E-state index contributed by atoms with van der Waals surface area (Å²) in [5, 5.41) is 12.5. The first kappa shape index (κ1) is 24.9. The molecule has 2 aliphatic rings. The van der Waals surface area contributed by atoms with Crippen LogP contribution in [0.3, 0.4) is 0 Å². The summed E-state index contributed by atoms with van der Waals surface area (Å²) < 4.78 is 11.5.